The molecule has 2 N–H and O–H groups in total. The summed E-state index contributed by atoms with van der Waals surface area (Å²) in [5.74, 6) is 1.76. The van der Waals surface area contributed by atoms with Gasteiger partial charge in [0.2, 0.25) is 0 Å². The first-order chi connectivity index (χ1) is 13.4. The Bertz CT molecular complexity index is 603. The monoisotopic (exact) mass is 389 g/mol. The van der Waals surface area contributed by atoms with Gasteiger partial charge in [0, 0.05) is 51.9 Å². The van der Waals surface area contributed by atoms with Crippen LogP contribution in [-0.4, -0.2) is 74.7 Å². The molecule has 0 atom stereocenters. The molecule has 0 spiro atoms. The summed E-state index contributed by atoms with van der Waals surface area (Å²) in [5, 5.41) is 6.82. The lowest BCUT2D eigenvalue weighted by Gasteiger charge is -2.32. The summed E-state index contributed by atoms with van der Waals surface area (Å²) in [5.41, 5.74) is 0.926. The SMILES string of the molecule is CN=C(NCCCCN1CCN(C)CC1)NCc1ccccc1OC(C)(C)C. The summed E-state index contributed by atoms with van der Waals surface area (Å²) >= 11 is 0. The van der Waals surface area contributed by atoms with Gasteiger partial charge in [-0.15, -0.1) is 0 Å². The zero-order valence-corrected chi connectivity index (χ0v) is 18.4. The Morgan fingerprint density at radius 2 is 1.79 bits per heavy atom. The number of benzene rings is 1. The van der Waals surface area contributed by atoms with Crippen molar-refractivity contribution in [3.05, 3.63) is 29.8 Å². The largest absolute Gasteiger partial charge is 0.488 e. The van der Waals surface area contributed by atoms with E-state index in [1.165, 1.54) is 39.1 Å². The minimum atomic E-state index is -0.209. The van der Waals surface area contributed by atoms with Crippen molar-refractivity contribution in [2.75, 3.05) is 53.4 Å². The Kier molecular flexibility index (Phi) is 9.06. The first kappa shape index (κ1) is 22.5. The van der Waals surface area contributed by atoms with Gasteiger partial charge in [-0.2, -0.15) is 0 Å². The fraction of sp³-hybridized carbons (Fsp3) is 0.682. The van der Waals surface area contributed by atoms with E-state index in [1.807, 2.05) is 25.2 Å². The van der Waals surface area contributed by atoms with Crippen LogP contribution in [0.5, 0.6) is 5.75 Å². The molecule has 1 fully saturated rings. The number of aliphatic imine (C=N–C) groups is 1. The van der Waals surface area contributed by atoms with E-state index in [9.17, 15) is 0 Å². The van der Waals surface area contributed by atoms with Crippen molar-refractivity contribution < 1.29 is 4.74 Å². The summed E-state index contributed by atoms with van der Waals surface area (Å²) in [4.78, 5) is 9.31. The second-order valence-electron chi connectivity index (χ2n) is 8.53. The van der Waals surface area contributed by atoms with Gasteiger partial charge in [0.05, 0.1) is 0 Å². The van der Waals surface area contributed by atoms with Crippen molar-refractivity contribution in [3.8, 4) is 5.75 Å². The van der Waals surface area contributed by atoms with Gasteiger partial charge in [-0.3, -0.25) is 4.99 Å². The van der Waals surface area contributed by atoms with Crippen molar-refractivity contribution in [3.63, 3.8) is 0 Å². The highest BCUT2D eigenvalue weighted by Crippen LogP contribution is 2.22. The third kappa shape index (κ3) is 8.48. The fourth-order valence-corrected chi connectivity index (χ4v) is 3.22. The zero-order valence-electron chi connectivity index (χ0n) is 18.4. The van der Waals surface area contributed by atoms with Gasteiger partial charge in [-0.1, -0.05) is 18.2 Å². The first-order valence-corrected chi connectivity index (χ1v) is 10.5. The van der Waals surface area contributed by atoms with Gasteiger partial charge in [0.25, 0.3) is 0 Å². The average Bonchev–Trinajstić information content (AvgIpc) is 2.65. The lowest BCUT2D eigenvalue weighted by molar-refractivity contribution is 0.129. The summed E-state index contributed by atoms with van der Waals surface area (Å²) in [7, 11) is 4.02. The van der Waals surface area contributed by atoms with E-state index >= 15 is 0 Å². The highest BCUT2D eigenvalue weighted by Gasteiger charge is 2.15. The molecular weight excluding hydrogens is 350 g/mol. The Morgan fingerprint density at radius 1 is 1.07 bits per heavy atom. The smallest absolute Gasteiger partial charge is 0.191 e. The van der Waals surface area contributed by atoms with Crippen LogP contribution >= 0.6 is 0 Å². The van der Waals surface area contributed by atoms with Gasteiger partial charge in [-0.05, 0) is 53.3 Å². The predicted octanol–water partition coefficient (Wildman–Crippen LogP) is 2.56. The summed E-state index contributed by atoms with van der Waals surface area (Å²) in [6, 6.07) is 8.17. The number of ether oxygens (including phenoxy) is 1. The third-order valence-corrected chi connectivity index (χ3v) is 4.85. The standard InChI is InChI=1S/C22H39N5O/c1-22(2,3)28-20-11-7-6-10-19(20)18-25-21(23-4)24-12-8-9-13-27-16-14-26(5)15-17-27/h6-7,10-11H,8-9,12-18H2,1-5H3,(H2,23,24,25). The van der Waals surface area contributed by atoms with Gasteiger partial charge in [0.15, 0.2) is 5.96 Å². The molecule has 0 bridgehead atoms. The number of hydrogen-bond acceptors (Lipinski definition) is 4. The molecule has 1 aromatic rings. The highest BCUT2D eigenvalue weighted by atomic mass is 16.5. The van der Waals surface area contributed by atoms with Gasteiger partial charge < -0.3 is 25.2 Å². The summed E-state index contributed by atoms with van der Waals surface area (Å²) < 4.78 is 6.07. The number of para-hydroxylation sites is 1. The van der Waals surface area contributed by atoms with Crippen LogP contribution in [-0.2, 0) is 6.54 Å². The molecule has 6 nitrogen and oxygen atoms in total. The van der Waals surface area contributed by atoms with Crippen molar-refractivity contribution in [1.29, 1.82) is 0 Å². The molecule has 0 radical (unpaired) electrons. The highest BCUT2D eigenvalue weighted by molar-refractivity contribution is 5.79. The number of likely N-dealkylation sites (N-methyl/N-ethyl adjacent to an activating group) is 1. The molecular formula is C22H39N5O. The second kappa shape index (κ2) is 11.3. The van der Waals surface area contributed by atoms with Gasteiger partial charge in [-0.25, -0.2) is 0 Å². The number of guanidine groups is 1. The number of nitrogens with zero attached hydrogens (tertiary/aromatic N) is 3. The van der Waals surface area contributed by atoms with E-state index in [-0.39, 0.29) is 5.60 Å². The molecule has 0 aromatic heterocycles. The van der Waals surface area contributed by atoms with Crippen LogP contribution in [0.4, 0.5) is 0 Å². The van der Waals surface area contributed by atoms with Crippen molar-refractivity contribution in [1.82, 2.24) is 20.4 Å². The summed E-state index contributed by atoms with van der Waals surface area (Å²) in [6.45, 7) is 13.8. The minimum Gasteiger partial charge on any atom is -0.488 e. The molecule has 1 aromatic carbocycles. The van der Waals surface area contributed by atoms with E-state index in [2.05, 4.69) is 59.3 Å². The Balaban J connectivity index is 1.68. The third-order valence-electron chi connectivity index (χ3n) is 4.85. The lowest BCUT2D eigenvalue weighted by atomic mass is 10.1. The number of piperazine rings is 1. The van der Waals surface area contributed by atoms with Crippen LogP contribution in [0.15, 0.2) is 29.3 Å². The van der Waals surface area contributed by atoms with Crippen molar-refractivity contribution in [2.24, 2.45) is 4.99 Å². The van der Waals surface area contributed by atoms with Crippen molar-refractivity contribution >= 4 is 5.96 Å². The van der Waals surface area contributed by atoms with E-state index in [4.69, 9.17) is 4.74 Å². The van der Waals surface area contributed by atoms with E-state index in [0.717, 1.165) is 30.2 Å². The normalized spacial score (nSPS) is 16.8. The number of hydrogen-bond donors (Lipinski definition) is 2. The van der Waals surface area contributed by atoms with E-state index in [0.29, 0.717) is 6.54 Å². The quantitative estimate of drug-likeness (QED) is 0.407. The predicted molar refractivity (Wildman–Crippen MR) is 118 cm³/mol. The zero-order chi connectivity index (χ0) is 20.4. The van der Waals surface area contributed by atoms with Crippen LogP contribution in [0.2, 0.25) is 0 Å². The molecule has 0 unspecified atom stereocenters. The molecule has 2 rings (SSSR count). The van der Waals surface area contributed by atoms with Crippen LogP contribution < -0.4 is 15.4 Å². The summed E-state index contributed by atoms with van der Waals surface area (Å²) in [6.07, 6.45) is 2.37. The van der Waals surface area contributed by atoms with E-state index in [1.54, 1.807) is 0 Å². The Morgan fingerprint density at radius 3 is 2.46 bits per heavy atom. The molecule has 158 valence electrons. The molecule has 1 aliphatic heterocycles. The molecule has 1 heterocycles. The van der Waals surface area contributed by atoms with Crippen molar-refractivity contribution in [2.45, 2.75) is 45.8 Å². The molecule has 1 saturated heterocycles. The molecule has 0 aliphatic carbocycles. The number of nitrogens with one attached hydrogen (secondary N) is 2. The maximum absolute atomic E-state index is 6.07. The van der Waals surface area contributed by atoms with Crippen LogP contribution in [0, 0.1) is 0 Å². The molecule has 1 aliphatic rings. The van der Waals surface area contributed by atoms with E-state index < -0.39 is 0 Å². The second-order valence-corrected chi connectivity index (χ2v) is 8.53. The van der Waals surface area contributed by atoms with Gasteiger partial charge in [0.1, 0.15) is 11.4 Å². The van der Waals surface area contributed by atoms with Crippen LogP contribution in [0.25, 0.3) is 0 Å². The number of rotatable bonds is 8. The topological polar surface area (TPSA) is 52.1 Å². The Labute approximate surface area is 171 Å². The lowest BCUT2D eigenvalue weighted by Crippen LogP contribution is -2.44. The number of unbranched alkanes of at least 4 members (excludes halogenated alkanes) is 1. The van der Waals surface area contributed by atoms with Crippen LogP contribution in [0.3, 0.4) is 0 Å². The van der Waals surface area contributed by atoms with Gasteiger partial charge >= 0.3 is 0 Å². The molecule has 0 amide bonds. The maximum Gasteiger partial charge on any atom is 0.191 e. The minimum absolute atomic E-state index is 0.209. The molecule has 6 heteroatoms. The maximum atomic E-state index is 6.07. The fourth-order valence-electron chi connectivity index (χ4n) is 3.22. The molecule has 0 saturated carbocycles. The van der Waals surface area contributed by atoms with Crippen LogP contribution in [0.1, 0.15) is 39.2 Å². The average molecular weight is 390 g/mol. The first-order valence-electron chi connectivity index (χ1n) is 10.5. The Hall–Kier alpha value is -1.79. The molecule has 28 heavy (non-hydrogen) atoms.